The quantitative estimate of drug-likeness (QED) is 0.211. The number of benzene rings is 3. The van der Waals surface area contributed by atoms with Crippen molar-refractivity contribution >= 4 is 61.2 Å². The zero-order valence-corrected chi connectivity index (χ0v) is 19.7. The Morgan fingerprint density at radius 1 is 0.912 bits per heavy atom. The SMILES string of the molecule is O=C(NNC(=O)c1cc2cc(Cl)ccc2oc1=O)c1[nH]c2ccc(Br)cc2c1-c1ccccc1. The molecule has 0 saturated carbocycles. The van der Waals surface area contributed by atoms with Gasteiger partial charge in [-0.1, -0.05) is 57.9 Å². The first-order valence-corrected chi connectivity index (χ1v) is 11.3. The fourth-order valence-corrected chi connectivity index (χ4v) is 4.28. The van der Waals surface area contributed by atoms with Gasteiger partial charge >= 0.3 is 5.63 Å². The van der Waals surface area contributed by atoms with Crippen LogP contribution in [0.5, 0.6) is 0 Å². The topological polar surface area (TPSA) is 104 Å². The van der Waals surface area contributed by atoms with Crippen LogP contribution in [0.25, 0.3) is 33.0 Å². The van der Waals surface area contributed by atoms with E-state index in [4.69, 9.17) is 16.0 Å². The molecule has 5 aromatic rings. The monoisotopic (exact) mass is 535 g/mol. The third-order valence-corrected chi connectivity index (χ3v) is 6.01. The summed E-state index contributed by atoms with van der Waals surface area (Å²) in [5, 5.41) is 1.75. The second kappa shape index (κ2) is 8.81. The molecule has 0 aliphatic carbocycles. The van der Waals surface area contributed by atoms with Crippen molar-refractivity contribution < 1.29 is 14.0 Å². The highest BCUT2D eigenvalue weighted by Crippen LogP contribution is 2.34. The van der Waals surface area contributed by atoms with E-state index in [2.05, 4.69) is 31.8 Å². The van der Waals surface area contributed by atoms with Gasteiger partial charge in [-0.15, -0.1) is 0 Å². The minimum absolute atomic E-state index is 0.261. The molecule has 34 heavy (non-hydrogen) atoms. The Kier molecular flexibility index (Phi) is 5.69. The molecule has 5 rings (SSSR count). The molecule has 0 unspecified atom stereocenters. The number of hydrogen-bond donors (Lipinski definition) is 3. The van der Waals surface area contributed by atoms with Crippen LogP contribution in [0.2, 0.25) is 5.02 Å². The number of nitrogens with one attached hydrogen (secondary N) is 3. The molecule has 168 valence electrons. The van der Waals surface area contributed by atoms with Crippen LogP contribution in [0.15, 0.2) is 86.5 Å². The first-order valence-electron chi connectivity index (χ1n) is 10.1. The number of halogens is 2. The first-order chi connectivity index (χ1) is 16.4. The van der Waals surface area contributed by atoms with Gasteiger partial charge in [0.2, 0.25) is 0 Å². The average Bonchev–Trinajstić information content (AvgIpc) is 3.21. The summed E-state index contributed by atoms with van der Waals surface area (Å²) in [7, 11) is 0. The molecule has 0 saturated heterocycles. The molecule has 0 spiro atoms. The lowest BCUT2D eigenvalue weighted by molar-refractivity contribution is 0.0842. The number of amides is 2. The molecule has 0 fully saturated rings. The third kappa shape index (κ3) is 4.09. The molecule has 0 atom stereocenters. The van der Waals surface area contributed by atoms with Gasteiger partial charge in [0, 0.05) is 31.3 Å². The minimum atomic E-state index is -0.831. The van der Waals surface area contributed by atoms with E-state index in [0.717, 1.165) is 20.9 Å². The van der Waals surface area contributed by atoms with E-state index in [-0.39, 0.29) is 11.3 Å². The minimum Gasteiger partial charge on any atom is -0.422 e. The highest BCUT2D eigenvalue weighted by Gasteiger charge is 2.21. The molecule has 2 heterocycles. The number of fused-ring (bicyclic) bond motifs is 2. The molecule has 0 aliphatic heterocycles. The highest BCUT2D eigenvalue weighted by molar-refractivity contribution is 9.10. The molecule has 2 amide bonds. The molecule has 0 aliphatic rings. The van der Waals surface area contributed by atoms with Crippen LogP contribution in [0.3, 0.4) is 0 Å². The van der Waals surface area contributed by atoms with Gasteiger partial charge in [0.1, 0.15) is 16.8 Å². The zero-order valence-electron chi connectivity index (χ0n) is 17.3. The standard InChI is InChI=1S/C25H15BrClN3O4/c26-15-6-8-19-17(12-15)21(13-4-2-1-3-5-13)22(28-19)24(32)30-29-23(31)18-11-14-10-16(27)7-9-20(14)34-25(18)33/h1-12,28H,(H,29,31)(H,30,32). The molecular formula is C25H15BrClN3O4. The maximum Gasteiger partial charge on any atom is 0.349 e. The Bertz CT molecular complexity index is 1640. The van der Waals surface area contributed by atoms with E-state index < -0.39 is 17.4 Å². The summed E-state index contributed by atoms with van der Waals surface area (Å²) in [4.78, 5) is 41.1. The van der Waals surface area contributed by atoms with Crippen molar-refractivity contribution in [3.05, 3.63) is 104 Å². The molecule has 3 aromatic carbocycles. The summed E-state index contributed by atoms with van der Waals surface area (Å²) in [5.74, 6) is -1.39. The van der Waals surface area contributed by atoms with E-state index in [1.807, 2.05) is 48.5 Å². The van der Waals surface area contributed by atoms with Crippen molar-refractivity contribution in [1.82, 2.24) is 15.8 Å². The van der Waals surface area contributed by atoms with Crippen molar-refractivity contribution in [3.8, 4) is 11.1 Å². The van der Waals surface area contributed by atoms with Crippen LogP contribution < -0.4 is 16.5 Å². The van der Waals surface area contributed by atoms with Crippen molar-refractivity contribution in [3.63, 3.8) is 0 Å². The molecule has 0 radical (unpaired) electrons. The Balaban J connectivity index is 1.46. The zero-order chi connectivity index (χ0) is 23.8. The number of H-pyrrole nitrogens is 1. The Hall–Kier alpha value is -3.88. The first kappa shape index (κ1) is 21.9. The summed E-state index contributed by atoms with van der Waals surface area (Å²) in [6, 6.07) is 21.1. The van der Waals surface area contributed by atoms with E-state index in [1.165, 1.54) is 6.07 Å². The summed E-state index contributed by atoms with van der Waals surface area (Å²) >= 11 is 9.46. The predicted molar refractivity (Wildman–Crippen MR) is 134 cm³/mol. The average molecular weight is 537 g/mol. The fourth-order valence-electron chi connectivity index (χ4n) is 3.74. The number of rotatable bonds is 3. The second-order valence-electron chi connectivity index (χ2n) is 7.47. The summed E-state index contributed by atoms with van der Waals surface area (Å²) in [6.07, 6.45) is 0. The van der Waals surface area contributed by atoms with Crippen molar-refractivity contribution in [2.75, 3.05) is 0 Å². The molecular weight excluding hydrogens is 522 g/mol. The maximum atomic E-state index is 13.1. The molecule has 0 bridgehead atoms. The second-order valence-corrected chi connectivity index (χ2v) is 8.82. The van der Waals surface area contributed by atoms with Gasteiger partial charge in [0.25, 0.3) is 11.8 Å². The summed E-state index contributed by atoms with van der Waals surface area (Å²) in [6.45, 7) is 0. The summed E-state index contributed by atoms with van der Waals surface area (Å²) in [5.41, 5.74) is 6.40. The number of aromatic nitrogens is 1. The third-order valence-electron chi connectivity index (χ3n) is 5.28. The predicted octanol–water partition coefficient (Wildman–Crippen LogP) is 5.43. The van der Waals surface area contributed by atoms with Gasteiger partial charge < -0.3 is 9.40 Å². The van der Waals surface area contributed by atoms with Gasteiger partial charge in [0.15, 0.2) is 0 Å². The number of carbonyl (C=O) groups is 2. The molecule has 2 aromatic heterocycles. The van der Waals surface area contributed by atoms with E-state index in [1.54, 1.807) is 18.2 Å². The fraction of sp³-hybridized carbons (Fsp3) is 0. The van der Waals surface area contributed by atoms with Crippen molar-refractivity contribution in [2.24, 2.45) is 0 Å². The lowest BCUT2D eigenvalue weighted by Crippen LogP contribution is -2.43. The largest absolute Gasteiger partial charge is 0.422 e. The van der Waals surface area contributed by atoms with Gasteiger partial charge in [-0.05, 0) is 48.0 Å². The lowest BCUT2D eigenvalue weighted by atomic mass is 10.0. The van der Waals surface area contributed by atoms with Crippen LogP contribution in [0.1, 0.15) is 20.8 Å². The van der Waals surface area contributed by atoms with Crippen LogP contribution >= 0.6 is 27.5 Å². The van der Waals surface area contributed by atoms with Crippen LogP contribution in [-0.4, -0.2) is 16.8 Å². The number of aromatic amines is 1. The van der Waals surface area contributed by atoms with Crippen LogP contribution in [0, 0.1) is 0 Å². The van der Waals surface area contributed by atoms with Gasteiger partial charge in [-0.3, -0.25) is 20.4 Å². The van der Waals surface area contributed by atoms with Gasteiger partial charge in [-0.25, -0.2) is 4.79 Å². The molecule has 7 nitrogen and oxygen atoms in total. The van der Waals surface area contributed by atoms with Crippen molar-refractivity contribution in [1.29, 1.82) is 0 Å². The maximum absolute atomic E-state index is 13.1. The van der Waals surface area contributed by atoms with Crippen molar-refractivity contribution in [2.45, 2.75) is 0 Å². The lowest BCUT2D eigenvalue weighted by Gasteiger charge is -2.09. The molecule has 3 N–H and O–H groups in total. The van der Waals surface area contributed by atoms with Crippen LogP contribution in [0.4, 0.5) is 0 Å². The Morgan fingerprint density at radius 3 is 2.47 bits per heavy atom. The van der Waals surface area contributed by atoms with Gasteiger partial charge in [-0.2, -0.15) is 0 Å². The van der Waals surface area contributed by atoms with E-state index in [9.17, 15) is 14.4 Å². The number of hydrogen-bond acceptors (Lipinski definition) is 4. The number of carbonyl (C=O) groups excluding carboxylic acids is 2. The summed E-state index contributed by atoms with van der Waals surface area (Å²) < 4.78 is 6.05. The van der Waals surface area contributed by atoms with Crippen LogP contribution in [-0.2, 0) is 0 Å². The smallest absolute Gasteiger partial charge is 0.349 e. The molecule has 9 heteroatoms. The highest BCUT2D eigenvalue weighted by atomic mass is 79.9. The Labute approximate surface area is 205 Å². The van der Waals surface area contributed by atoms with Gasteiger partial charge in [0.05, 0.1) is 0 Å². The Morgan fingerprint density at radius 2 is 1.68 bits per heavy atom. The normalized spacial score (nSPS) is 11.0. The van der Waals surface area contributed by atoms with E-state index >= 15 is 0 Å². The number of hydrazine groups is 1. The van der Waals surface area contributed by atoms with E-state index in [0.29, 0.717) is 21.6 Å².